The van der Waals surface area contributed by atoms with Crippen LogP contribution in [0.25, 0.3) is 0 Å². The van der Waals surface area contributed by atoms with Gasteiger partial charge in [0.1, 0.15) is 12.2 Å². The van der Waals surface area contributed by atoms with Crippen LogP contribution in [-0.4, -0.2) is 54.1 Å². The third-order valence-corrected chi connectivity index (χ3v) is 4.37. The summed E-state index contributed by atoms with van der Waals surface area (Å²) in [6.07, 6.45) is 1.04. The molecular weight excluding hydrogens is 284 g/mol. The van der Waals surface area contributed by atoms with Crippen LogP contribution in [0.3, 0.4) is 0 Å². The van der Waals surface area contributed by atoms with Crippen LogP contribution < -0.4 is 10.6 Å². The van der Waals surface area contributed by atoms with E-state index in [9.17, 15) is 15.0 Å². The number of carbonyl (C=O) groups excluding carboxylic acids is 1. The van der Waals surface area contributed by atoms with Crippen LogP contribution in [0.4, 0.5) is 5.69 Å². The molecule has 4 N–H and O–H groups in total. The van der Waals surface area contributed by atoms with Crippen molar-refractivity contribution in [1.82, 2.24) is 5.32 Å². The number of rotatable bonds is 3. The molecular formula is C16H22N2O4. The number of para-hydroxylation sites is 1. The highest BCUT2D eigenvalue weighted by atomic mass is 16.5. The summed E-state index contributed by atoms with van der Waals surface area (Å²) in [5.74, 6) is -0.200. The summed E-state index contributed by atoms with van der Waals surface area (Å²) in [7, 11) is 0. The molecule has 2 aliphatic heterocycles. The zero-order chi connectivity index (χ0) is 15.5. The predicted octanol–water partition coefficient (Wildman–Crippen LogP) is 0.285. The third-order valence-electron chi connectivity index (χ3n) is 4.37. The summed E-state index contributed by atoms with van der Waals surface area (Å²) in [5, 5.41) is 25.5. The maximum atomic E-state index is 12.6. The van der Waals surface area contributed by atoms with Crippen molar-refractivity contribution in [3.63, 3.8) is 0 Å². The first-order chi connectivity index (χ1) is 10.7. The minimum absolute atomic E-state index is 0.200. The second-order valence-electron chi connectivity index (χ2n) is 5.82. The van der Waals surface area contributed by atoms with Crippen molar-refractivity contribution in [2.75, 3.05) is 25.1 Å². The van der Waals surface area contributed by atoms with Crippen molar-refractivity contribution in [2.45, 2.75) is 37.5 Å². The first-order valence-corrected chi connectivity index (χ1v) is 7.78. The summed E-state index contributed by atoms with van der Waals surface area (Å²) >= 11 is 0. The molecule has 6 heteroatoms. The number of carbonyl (C=O) groups is 1. The molecule has 2 heterocycles. The van der Waals surface area contributed by atoms with Gasteiger partial charge in [-0.05, 0) is 30.9 Å². The normalized spacial score (nSPS) is 27.6. The van der Waals surface area contributed by atoms with E-state index in [1.165, 1.54) is 0 Å². The number of amides is 1. The lowest BCUT2D eigenvalue weighted by molar-refractivity contribution is -0.107. The zero-order valence-corrected chi connectivity index (χ0v) is 12.4. The van der Waals surface area contributed by atoms with Gasteiger partial charge in [0.2, 0.25) is 0 Å². The topological polar surface area (TPSA) is 90.8 Å². The van der Waals surface area contributed by atoms with E-state index in [0.717, 1.165) is 30.6 Å². The minimum atomic E-state index is -0.893. The summed E-state index contributed by atoms with van der Waals surface area (Å²) in [5.41, 5.74) is 2.66. The number of hydrogen-bond acceptors (Lipinski definition) is 5. The average Bonchev–Trinajstić information content (AvgIpc) is 2.56. The summed E-state index contributed by atoms with van der Waals surface area (Å²) in [6.45, 7) is 1.03. The van der Waals surface area contributed by atoms with Crippen LogP contribution in [0.15, 0.2) is 18.2 Å². The molecule has 3 rings (SSSR count). The molecule has 0 unspecified atom stereocenters. The highest BCUT2D eigenvalue weighted by molar-refractivity contribution is 6.00. The van der Waals surface area contributed by atoms with E-state index in [2.05, 4.69) is 10.6 Å². The molecule has 3 atom stereocenters. The molecule has 0 radical (unpaired) electrons. The second-order valence-corrected chi connectivity index (χ2v) is 5.82. The van der Waals surface area contributed by atoms with Gasteiger partial charge in [0.15, 0.2) is 0 Å². The Balaban J connectivity index is 1.75. The number of nitrogens with one attached hydrogen (secondary N) is 2. The quantitative estimate of drug-likeness (QED) is 0.644. The van der Waals surface area contributed by atoms with E-state index in [0.29, 0.717) is 18.6 Å². The zero-order valence-electron chi connectivity index (χ0n) is 12.4. The van der Waals surface area contributed by atoms with Gasteiger partial charge >= 0.3 is 0 Å². The predicted molar refractivity (Wildman–Crippen MR) is 82.0 cm³/mol. The molecule has 22 heavy (non-hydrogen) atoms. The van der Waals surface area contributed by atoms with Gasteiger partial charge in [-0.25, -0.2) is 0 Å². The van der Waals surface area contributed by atoms with Gasteiger partial charge in [-0.3, -0.25) is 4.79 Å². The van der Waals surface area contributed by atoms with Gasteiger partial charge in [0, 0.05) is 13.2 Å². The number of aliphatic hydroxyl groups excluding tert-OH is 2. The molecule has 1 fully saturated rings. The maximum absolute atomic E-state index is 12.6. The molecule has 0 bridgehead atoms. The van der Waals surface area contributed by atoms with E-state index in [4.69, 9.17) is 4.74 Å². The minimum Gasteiger partial charge on any atom is -0.394 e. The van der Waals surface area contributed by atoms with E-state index in [1.807, 2.05) is 12.1 Å². The molecule has 0 aromatic heterocycles. The Morgan fingerprint density at radius 1 is 1.45 bits per heavy atom. The standard InChI is InChI=1S/C16H22N2O4/c19-9-13-15(20)12(6-8-22-13)18-16(21)11-5-1-3-10-4-2-7-17-14(10)11/h1,3,5,12-13,15,17,19-20H,2,4,6-9H2,(H,18,21)/t12-,13+,15-/m0/s1. The molecule has 1 aromatic rings. The van der Waals surface area contributed by atoms with E-state index in [-0.39, 0.29) is 12.5 Å². The van der Waals surface area contributed by atoms with Crippen LogP contribution >= 0.6 is 0 Å². The summed E-state index contributed by atoms with van der Waals surface area (Å²) < 4.78 is 5.28. The fraction of sp³-hybridized carbons (Fsp3) is 0.562. The number of benzene rings is 1. The van der Waals surface area contributed by atoms with Gasteiger partial charge < -0.3 is 25.6 Å². The van der Waals surface area contributed by atoms with Crippen molar-refractivity contribution in [1.29, 1.82) is 0 Å². The smallest absolute Gasteiger partial charge is 0.253 e. The van der Waals surface area contributed by atoms with Crippen LogP contribution in [0.2, 0.25) is 0 Å². The number of ether oxygens (including phenoxy) is 1. The Morgan fingerprint density at radius 3 is 3.14 bits per heavy atom. The highest BCUT2D eigenvalue weighted by Gasteiger charge is 2.33. The number of aryl methyl sites for hydroxylation is 1. The molecule has 1 aromatic carbocycles. The lowest BCUT2D eigenvalue weighted by Gasteiger charge is -2.34. The largest absolute Gasteiger partial charge is 0.394 e. The molecule has 120 valence electrons. The van der Waals surface area contributed by atoms with Crippen molar-refractivity contribution >= 4 is 11.6 Å². The second kappa shape index (κ2) is 6.64. The number of aliphatic hydroxyl groups is 2. The first kappa shape index (κ1) is 15.3. The summed E-state index contributed by atoms with van der Waals surface area (Å²) in [4.78, 5) is 12.6. The molecule has 0 saturated carbocycles. The van der Waals surface area contributed by atoms with E-state index < -0.39 is 18.2 Å². The molecule has 2 aliphatic rings. The molecule has 1 saturated heterocycles. The summed E-state index contributed by atoms with van der Waals surface area (Å²) in [6, 6.07) is 5.31. The third kappa shape index (κ3) is 2.95. The van der Waals surface area contributed by atoms with E-state index >= 15 is 0 Å². The van der Waals surface area contributed by atoms with Crippen LogP contribution in [0.5, 0.6) is 0 Å². The fourth-order valence-electron chi connectivity index (χ4n) is 3.14. The Labute approximate surface area is 129 Å². The number of fused-ring (bicyclic) bond motifs is 1. The van der Waals surface area contributed by atoms with Crippen molar-refractivity contribution in [3.05, 3.63) is 29.3 Å². The first-order valence-electron chi connectivity index (χ1n) is 7.78. The molecule has 0 aliphatic carbocycles. The Kier molecular flexibility index (Phi) is 4.61. The monoisotopic (exact) mass is 306 g/mol. The fourth-order valence-corrected chi connectivity index (χ4v) is 3.14. The van der Waals surface area contributed by atoms with Gasteiger partial charge in [-0.1, -0.05) is 12.1 Å². The van der Waals surface area contributed by atoms with Gasteiger partial charge in [0.05, 0.1) is 23.9 Å². The van der Waals surface area contributed by atoms with Gasteiger partial charge in [-0.15, -0.1) is 0 Å². The van der Waals surface area contributed by atoms with Crippen LogP contribution in [-0.2, 0) is 11.2 Å². The van der Waals surface area contributed by atoms with Crippen molar-refractivity contribution < 1.29 is 19.7 Å². The number of anilines is 1. The van der Waals surface area contributed by atoms with Crippen LogP contribution in [0, 0.1) is 0 Å². The van der Waals surface area contributed by atoms with E-state index in [1.54, 1.807) is 6.07 Å². The van der Waals surface area contributed by atoms with Crippen molar-refractivity contribution in [3.8, 4) is 0 Å². The Bertz CT molecular complexity index is 549. The highest BCUT2D eigenvalue weighted by Crippen LogP contribution is 2.26. The lowest BCUT2D eigenvalue weighted by Crippen LogP contribution is -2.54. The molecule has 1 amide bonds. The Hall–Kier alpha value is -1.63. The Morgan fingerprint density at radius 2 is 2.32 bits per heavy atom. The maximum Gasteiger partial charge on any atom is 0.253 e. The number of hydrogen-bond donors (Lipinski definition) is 4. The van der Waals surface area contributed by atoms with Crippen LogP contribution in [0.1, 0.15) is 28.8 Å². The molecule has 0 spiro atoms. The van der Waals surface area contributed by atoms with Crippen molar-refractivity contribution in [2.24, 2.45) is 0 Å². The SMILES string of the molecule is O=C(N[C@H]1CCO[C@H](CO)[C@H]1O)c1cccc2c1NCCC2. The van der Waals surface area contributed by atoms with Gasteiger partial charge in [0.25, 0.3) is 5.91 Å². The average molecular weight is 306 g/mol. The molecule has 6 nitrogen and oxygen atoms in total. The lowest BCUT2D eigenvalue weighted by atomic mass is 9.97. The van der Waals surface area contributed by atoms with Gasteiger partial charge in [-0.2, -0.15) is 0 Å².